The van der Waals surface area contributed by atoms with Crippen molar-refractivity contribution < 1.29 is 14.6 Å². The van der Waals surface area contributed by atoms with Crippen LogP contribution in [0, 0.1) is 6.92 Å². The Balaban J connectivity index is 1.45. The maximum absolute atomic E-state index is 10.3. The Kier molecular flexibility index (Phi) is 4.60. The zero-order chi connectivity index (χ0) is 14.7. The second-order valence-corrected chi connectivity index (χ2v) is 6.22. The van der Waals surface area contributed by atoms with Crippen LogP contribution in [0.1, 0.15) is 42.9 Å². The number of ether oxygens (including phenoxy) is 2. The molecule has 1 saturated heterocycles. The maximum Gasteiger partial charge on any atom is 0.168 e. The van der Waals surface area contributed by atoms with Crippen molar-refractivity contribution >= 4 is 0 Å². The molecule has 4 heteroatoms. The van der Waals surface area contributed by atoms with Gasteiger partial charge in [-0.15, -0.1) is 0 Å². The molecule has 2 fully saturated rings. The summed E-state index contributed by atoms with van der Waals surface area (Å²) < 4.78 is 11.5. The third-order valence-electron chi connectivity index (χ3n) is 4.59. The van der Waals surface area contributed by atoms with Gasteiger partial charge in [-0.2, -0.15) is 0 Å². The quantitative estimate of drug-likeness (QED) is 0.894. The van der Waals surface area contributed by atoms with Gasteiger partial charge in [0.25, 0.3) is 0 Å². The van der Waals surface area contributed by atoms with E-state index in [1.165, 1.54) is 5.56 Å². The standard InChI is InChI=1S/C17H25NO3/c1-13-3-2-4-14(11-13)16(19)12-18-15-5-7-17(8-6-15)20-9-10-21-17/h2-4,11,15-16,18-19H,5-10,12H2,1H3/t16-/m0/s1. The summed E-state index contributed by atoms with van der Waals surface area (Å²) >= 11 is 0. The van der Waals surface area contributed by atoms with Crippen molar-refractivity contribution in [3.63, 3.8) is 0 Å². The first kappa shape index (κ1) is 15.0. The summed E-state index contributed by atoms with van der Waals surface area (Å²) in [7, 11) is 0. The molecule has 2 aliphatic rings. The lowest BCUT2D eigenvalue weighted by Crippen LogP contribution is -2.43. The summed E-state index contributed by atoms with van der Waals surface area (Å²) in [6.45, 7) is 4.10. The molecule has 1 aliphatic heterocycles. The second-order valence-electron chi connectivity index (χ2n) is 6.22. The van der Waals surface area contributed by atoms with Gasteiger partial charge in [-0.25, -0.2) is 0 Å². The van der Waals surface area contributed by atoms with Gasteiger partial charge in [0.1, 0.15) is 0 Å². The molecular weight excluding hydrogens is 266 g/mol. The maximum atomic E-state index is 10.3. The fourth-order valence-electron chi connectivity index (χ4n) is 3.32. The monoisotopic (exact) mass is 291 g/mol. The Labute approximate surface area is 126 Å². The van der Waals surface area contributed by atoms with E-state index in [-0.39, 0.29) is 5.79 Å². The first-order valence-corrected chi connectivity index (χ1v) is 7.93. The smallest absolute Gasteiger partial charge is 0.168 e. The summed E-state index contributed by atoms with van der Waals surface area (Å²) in [4.78, 5) is 0. The Bertz CT molecular complexity index is 461. The molecule has 0 unspecified atom stereocenters. The van der Waals surface area contributed by atoms with Gasteiger partial charge in [0.2, 0.25) is 0 Å². The summed E-state index contributed by atoms with van der Waals surface area (Å²) in [5.74, 6) is -0.298. The molecule has 1 spiro atoms. The van der Waals surface area contributed by atoms with E-state index in [0.29, 0.717) is 12.6 Å². The minimum atomic E-state index is -0.445. The molecule has 1 atom stereocenters. The molecule has 0 bridgehead atoms. The molecule has 21 heavy (non-hydrogen) atoms. The first-order valence-electron chi connectivity index (χ1n) is 7.93. The summed E-state index contributed by atoms with van der Waals surface area (Å²) in [6, 6.07) is 8.51. The first-order chi connectivity index (χ1) is 10.2. The third-order valence-corrected chi connectivity index (χ3v) is 4.59. The lowest BCUT2D eigenvalue weighted by Gasteiger charge is -2.36. The van der Waals surface area contributed by atoms with Gasteiger partial charge in [0.05, 0.1) is 19.3 Å². The highest BCUT2D eigenvalue weighted by Crippen LogP contribution is 2.35. The molecule has 1 aromatic carbocycles. The fraction of sp³-hybridized carbons (Fsp3) is 0.647. The normalized spacial score (nSPS) is 23.5. The summed E-state index contributed by atoms with van der Waals surface area (Å²) in [6.07, 6.45) is 3.54. The van der Waals surface area contributed by atoms with E-state index in [0.717, 1.165) is 44.5 Å². The molecule has 0 radical (unpaired) electrons. The number of hydrogen-bond donors (Lipinski definition) is 2. The minimum Gasteiger partial charge on any atom is -0.387 e. The van der Waals surface area contributed by atoms with E-state index in [4.69, 9.17) is 9.47 Å². The van der Waals surface area contributed by atoms with Crippen LogP contribution in [0.3, 0.4) is 0 Å². The molecule has 1 aliphatic carbocycles. The number of hydrogen-bond acceptors (Lipinski definition) is 4. The Morgan fingerprint density at radius 1 is 1.29 bits per heavy atom. The molecule has 1 aromatic rings. The van der Waals surface area contributed by atoms with Gasteiger partial charge in [-0.1, -0.05) is 29.8 Å². The van der Waals surface area contributed by atoms with E-state index < -0.39 is 6.10 Å². The van der Waals surface area contributed by atoms with Crippen molar-refractivity contribution in [3.05, 3.63) is 35.4 Å². The van der Waals surface area contributed by atoms with Crippen molar-refractivity contribution in [2.75, 3.05) is 19.8 Å². The van der Waals surface area contributed by atoms with Crippen LogP contribution in [-0.4, -0.2) is 36.7 Å². The fourth-order valence-corrected chi connectivity index (χ4v) is 3.32. The zero-order valence-electron chi connectivity index (χ0n) is 12.7. The molecule has 0 amide bonds. The van der Waals surface area contributed by atoms with Crippen molar-refractivity contribution in [2.45, 2.75) is 50.5 Å². The average Bonchev–Trinajstić information content (AvgIpc) is 2.95. The van der Waals surface area contributed by atoms with E-state index in [9.17, 15) is 5.11 Å². The highest BCUT2D eigenvalue weighted by molar-refractivity contribution is 5.24. The second kappa shape index (κ2) is 6.44. The molecule has 1 heterocycles. The van der Waals surface area contributed by atoms with Crippen molar-refractivity contribution in [2.24, 2.45) is 0 Å². The largest absolute Gasteiger partial charge is 0.387 e. The van der Waals surface area contributed by atoms with Crippen LogP contribution in [0.15, 0.2) is 24.3 Å². The Hall–Kier alpha value is -0.940. The minimum absolute atomic E-state index is 0.298. The van der Waals surface area contributed by atoms with Crippen LogP contribution < -0.4 is 5.32 Å². The number of aryl methyl sites for hydroxylation is 1. The van der Waals surface area contributed by atoms with Crippen LogP contribution in [-0.2, 0) is 9.47 Å². The van der Waals surface area contributed by atoms with E-state index >= 15 is 0 Å². The zero-order valence-corrected chi connectivity index (χ0v) is 12.7. The molecule has 0 aromatic heterocycles. The number of rotatable bonds is 4. The van der Waals surface area contributed by atoms with E-state index in [2.05, 4.69) is 5.32 Å². The molecule has 1 saturated carbocycles. The Morgan fingerprint density at radius 3 is 2.67 bits per heavy atom. The predicted molar refractivity (Wildman–Crippen MR) is 81.0 cm³/mol. The highest BCUT2D eigenvalue weighted by Gasteiger charge is 2.40. The molecule has 116 valence electrons. The number of aliphatic hydroxyl groups is 1. The average molecular weight is 291 g/mol. The van der Waals surface area contributed by atoms with Crippen LogP contribution in [0.2, 0.25) is 0 Å². The summed E-state index contributed by atoms with van der Waals surface area (Å²) in [5, 5.41) is 13.8. The molecule has 2 N–H and O–H groups in total. The van der Waals surface area contributed by atoms with Crippen molar-refractivity contribution in [3.8, 4) is 0 Å². The van der Waals surface area contributed by atoms with Gasteiger partial charge in [0.15, 0.2) is 5.79 Å². The third kappa shape index (κ3) is 3.64. The number of benzene rings is 1. The van der Waals surface area contributed by atoms with E-state index in [1.807, 2.05) is 31.2 Å². The van der Waals surface area contributed by atoms with Gasteiger partial charge in [0, 0.05) is 25.4 Å². The SMILES string of the molecule is Cc1cccc([C@@H](O)CNC2CCC3(CC2)OCCO3)c1. The molecular formula is C17H25NO3. The lowest BCUT2D eigenvalue weighted by atomic mass is 9.90. The molecule has 4 nitrogen and oxygen atoms in total. The predicted octanol–water partition coefficient (Wildman–Crippen LogP) is 2.30. The molecule has 3 rings (SSSR count). The number of aliphatic hydroxyl groups excluding tert-OH is 1. The topological polar surface area (TPSA) is 50.7 Å². The lowest BCUT2D eigenvalue weighted by molar-refractivity contribution is -0.179. The number of nitrogens with one attached hydrogen (secondary N) is 1. The van der Waals surface area contributed by atoms with Gasteiger partial charge < -0.3 is 19.9 Å². The highest BCUT2D eigenvalue weighted by atomic mass is 16.7. The van der Waals surface area contributed by atoms with Crippen LogP contribution in [0.25, 0.3) is 0 Å². The van der Waals surface area contributed by atoms with Crippen molar-refractivity contribution in [1.82, 2.24) is 5.32 Å². The van der Waals surface area contributed by atoms with Crippen LogP contribution in [0.5, 0.6) is 0 Å². The van der Waals surface area contributed by atoms with E-state index in [1.54, 1.807) is 0 Å². The Morgan fingerprint density at radius 2 is 2.00 bits per heavy atom. The van der Waals surface area contributed by atoms with Crippen LogP contribution in [0.4, 0.5) is 0 Å². The summed E-state index contributed by atoms with van der Waals surface area (Å²) in [5.41, 5.74) is 2.17. The van der Waals surface area contributed by atoms with Gasteiger partial charge in [-0.3, -0.25) is 0 Å². The van der Waals surface area contributed by atoms with Gasteiger partial charge >= 0.3 is 0 Å². The van der Waals surface area contributed by atoms with Crippen molar-refractivity contribution in [1.29, 1.82) is 0 Å². The van der Waals surface area contributed by atoms with Gasteiger partial charge in [-0.05, 0) is 25.3 Å². The van der Waals surface area contributed by atoms with Crippen LogP contribution >= 0.6 is 0 Å².